The lowest BCUT2D eigenvalue weighted by atomic mass is 10.2. The second-order valence-corrected chi connectivity index (χ2v) is 5.62. The predicted octanol–water partition coefficient (Wildman–Crippen LogP) is 3.23. The Morgan fingerprint density at radius 1 is 1.19 bits per heavy atom. The second kappa shape index (κ2) is 6.10. The lowest BCUT2D eigenvalue weighted by molar-refractivity contribution is 0.0952. The lowest BCUT2D eigenvalue weighted by Gasteiger charge is -2.07. The van der Waals surface area contributed by atoms with Crippen LogP contribution in [0.4, 0.5) is 0 Å². The Morgan fingerprint density at radius 3 is 2.81 bits per heavy atom. The highest BCUT2D eigenvalue weighted by molar-refractivity contribution is 9.10. The number of carbonyl (C=O) groups excluding carboxylic acids is 1. The quantitative estimate of drug-likeness (QED) is 0.790. The van der Waals surface area contributed by atoms with Crippen molar-refractivity contribution < 1.29 is 4.79 Å². The number of hydrogen-bond acceptors (Lipinski definition) is 2. The van der Waals surface area contributed by atoms with Gasteiger partial charge in [0.25, 0.3) is 5.91 Å². The Hall–Kier alpha value is -2.14. The maximum atomic E-state index is 11.9. The number of nitrogens with one attached hydrogen (secondary N) is 1. The monoisotopic (exact) mass is 343 g/mol. The van der Waals surface area contributed by atoms with Crippen molar-refractivity contribution in [1.29, 1.82) is 0 Å². The smallest absolute Gasteiger partial charge is 0.251 e. The van der Waals surface area contributed by atoms with Crippen molar-refractivity contribution in [3.8, 4) is 0 Å². The summed E-state index contributed by atoms with van der Waals surface area (Å²) in [5.74, 6) is -0.0726. The fourth-order valence-corrected chi connectivity index (χ4v) is 2.64. The van der Waals surface area contributed by atoms with Gasteiger partial charge in [-0.15, -0.1) is 0 Å². The first-order chi connectivity index (χ1) is 10.2. The average Bonchev–Trinajstić information content (AvgIpc) is 2.90. The Bertz CT molecular complexity index is 768. The standard InChI is InChI=1S/C16H14BrN3O/c17-14-1-2-15-13(11-14)5-9-20(15)10-8-19-16(21)12-3-6-18-7-4-12/h1-7,9,11H,8,10H2,(H,19,21). The molecule has 0 radical (unpaired) electrons. The van der Waals surface area contributed by atoms with Crippen molar-refractivity contribution in [2.24, 2.45) is 0 Å². The first-order valence-electron chi connectivity index (χ1n) is 6.67. The molecule has 0 saturated heterocycles. The van der Waals surface area contributed by atoms with Gasteiger partial charge in [-0.2, -0.15) is 0 Å². The van der Waals surface area contributed by atoms with Crippen LogP contribution in [0.5, 0.6) is 0 Å². The molecule has 0 fully saturated rings. The van der Waals surface area contributed by atoms with Gasteiger partial charge in [0.15, 0.2) is 0 Å². The molecule has 4 nitrogen and oxygen atoms in total. The summed E-state index contributed by atoms with van der Waals surface area (Å²) >= 11 is 3.47. The molecule has 1 amide bonds. The Morgan fingerprint density at radius 2 is 2.00 bits per heavy atom. The van der Waals surface area contributed by atoms with Crippen molar-refractivity contribution in [2.75, 3.05) is 6.54 Å². The molecule has 0 aliphatic heterocycles. The van der Waals surface area contributed by atoms with Crippen LogP contribution in [-0.4, -0.2) is 22.0 Å². The van der Waals surface area contributed by atoms with Gasteiger partial charge in [-0.25, -0.2) is 0 Å². The van der Waals surface area contributed by atoms with Gasteiger partial charge in [-0.05, 0) is 36.4 Å². The highest BCUT2D eigenvalue weighted by Crippen LogP contribution is 2.20. The molecule has 0 unspecified atom stereocenters. The van der Waals surface area contributed by atoms with E-state index in [1.807, 2.05) is 12.3 Å². The van der Waals surface area contributed by atoms with Gasteiger partial charge in [-0.3, -0.25) is 9.78 Å². The van der Waals surface area contributed by atoms with Crippen LogP contribution in [0.15, 0.2) is 59.5 Å². The van der Waals surface area contributed by atoms with E-state index in [1.165, 1.54) is 5.39 Å². The number of fused-ring (bicyclic) bond motifs is 1. The molecule has 0 atom stereocenters. The van der Waals surface area contributed by atoms with Gasteiger partial charge < -0.3 is 9.88 Å². The van der Waals surface area contributed by atoms with Crippen molar-refractivity contribution in [2.45, 2.75) is 6.54 Å². The maximum Gasteiger partial charge on any atom is 0.251 e. The molecule has 0 aliphatic carbocycles. The van der Waals surface area contributed by atoms with E-state index in [9.17, 15) is 4.79 Å². The third kappa shape index (κ3) is 3.13. The third-order valence-corrected chi connectivity index (χ3v) is 3.81. The molecule has 0 bridgehead atoms. The Balaban J connectivity index is 1.63. The lowest BCUT2D eigenvalue weighted by Crippen LogP contribution is -2.27. The summed E-state index contributed by atoms with van der Waals surface area (Å²) in [4.78, 5) is 15.8. The van der Waals surface area contributed by atoms with Crippen LogP contribution in [-0.2, 0) is 6.54 Å². The van der Waals surface area contributed by atoms with E-state index in [2.05, 4.69) is 49.0 Å². The molecule has 0 saturated carbocycles. The van der Waals surface area contributed by atoms with Gasteiger partial charge in [0.2, 0.25) is 0 Å². The Kier molecular flexibility index (Phi) is 4.01. The van der Waals surface area contributed by atoms with E-state index in [0.29, 0.717) is 12.1 Å². The van der Waals surface area contributed by atoms with E-state index in [1.54, 1.807) is 24.5 Å². The fraction of sp³-hybridized carbons (Fsp3) is 0.125. The van der Waals surface area contributed by atoms with Crippen LogP contribution in [0.1, 0.15) is 10.4 Å². The van der Waals surface area contributed by atoms with E-state index in [-0.39, 0.29) is 5.91 Å². The second-order valence-electron chi connectivity index (χ2n) is 4.70. The normalized spacial score (nSPS) is 10.7. The minimum Gasteiger partial charge on any atom is -0.350 e. The van der Waals surface area contributed by atoms with Crippen molar-refractivity contribution in [3.63, 3.8) is 0 Å². The highest BCUT2D eigenvalue weighted by atomic mass is 79.9. The molecular weight excluding hydrogens is 330 g/mol. The highest BCUT2D eigenvalue weighted by Gasteiger charge is 2.05. The average molecular weight is 344 g/mol. The van der Waals surface area contributed by atoms with Crippen LogP contribution >= 0.6 is 15.9 Å². The van der Waals surface area contributed by atoms with Crippen LogP contribution in [0.2, 0.25) is 0 Å². The van der Waals surface area contributed by atoms with E-state index >= 15 is 0 Å². The molecule has 3 aromatic rings. The molecule has 0 aliphatic rings. The molecule has 2 aromatic heterocycles. The zero-order valence-electron chi connectivity index (χ0n) is 11.3. The number of rotatable bonds is 4. The van der Waals surface area contributed by atoms with Gasteiger partial charge in [0.05, 0.1) is 0 Å². The number of nitrogens with zero attached hydrogens (tertiary/aromatic N) is 2. The van der Waals surface area contributed by atoms with Gasteiger partial charge in [-0.1, -0.05) is 15.9 Å². The fourth-order valence-electron chi connectivity index (χ4n) is 2.26. The zero-order valence-corrected chi connectivity index (χ0v) is 12.9. The number of aromatic nitrogens is 2. The minimum atomic E-state index is -0.0726. The molecule has 3 rings (SSSR count). The SMILES string of the molecule is O=C(NCCn1ccc2cc(Br)ccc21)c1ccncc1. The summed E-state index contributed by atoms with van der Waals surface area (Å²) in [6.45, 7) is 1.32. The van der Waals surface area contributed by atoms with Crippen molar-refractivity contribution in [3.05, 3.63) is 65.0 Å². The van der Waals surface area contributed by atoms with Gasteiger partial charge >= 0.3 is 0 Å². The molecule has 0 spiro atoms. The summed E-state index contributed by atoms with van der Waals surface area (Å²) in [7, 11) is 0. The number of carbonyl (C=O) groups is 1. The largest absolute Gasteiger partial charge is 0.350 e. The summed E-state index contributed by atoms with van der Waals surface area (Å²) in [5.41, 5.74) is 1.79. The third-order valence-electron chi connectivity index (χ3n) is 3.31. The van der Waals surface area contributed by atoms with Crippen LogP contribution < -0.4 is 5.32 Å². The van der Waals surface area contributed by atoms with Crippen LogP contribution in [0, 0.1) is 0 Å². The first kappa shape index (κ1) is 13.8. The molecular formula is C16H14BrN3O. The molecule has 21 heavy (non-hydrogen) atoms. The number of amides is 1. The summed E-state index contributed by atoms with van der Waals surface area (Å²) in [6.07, 6.45) is 5.27. The summed E-state index contributed by atoms with van der Waals surface area (Å²) in [6, 6.07) is 11.7. The molecule has 106 valence electrons. The van der Waals surface area contributed by atoms with Crippen LogP contribution in [0.25, 0.3) is 10.9 Å². The van der Waals surface area contributed by atoms with E-state index in [4.69, 9.17) is 0 Å². The zero-order chi connectivity index (χ0) is 14.7. The van der Waals surface area contributed by atoms with E-state index < -0.39 is 0 Å². The minimum absolute atomic E-state index is 0.0726. The van der Waals surface area contributed by atoms with Gasteiger partial charge in [0.1, 0.15) is 0 Å². The summed E-state index contributed by atoms with van der Waals surface area (Å²) in [5, 5.41) is 4.10. The van der Waals surface area contributed by atoms with Gasteiger partial charge in [0, 0.05) is 52.6 Å². The van der Waals surface area contributed by atoms with Crippen LogP contribution in [0.3, 0.4) is 0 Å². The molecule has 2 heterocycles. The van der Waals surface area contributed by atoms with E-state index in [0.717, 1.165) is 16.5 Å². The topological polar surface area (TPSA) is 46.9 Å². The maximum absolute atomic E-state index is 11.9. The van der Waals surface area contributed by atoms with Crippen molar-refractivity contribution in [1.82, 2.24) is 14.9 Å². The summed E-state index contributed by atoms with van der Waals surface area (Å²) < 4.78 is 3.20. The number of pyridine rings is 1. The predicted molar refractivity (Wildman–Crippen MR) is 86.2 cm³/mol. The molecule has 5 heteroatoms. The molecule has 1 N–H and O–H groups in total. The van der Waals surface area contributed by atoms with Crippen molar-refractivity contribution >= 4 is 32.7 Å². The number of hydrogen-bond donors (Lipinski definition) is 1. The molecule has 1 aromatic carbocycles. The number of halogens is 1. The first-order valence-corrected chi connectivity index (χ1v) is 7.46. The Labute approximate surface area is 130 Å². The number of benzene rings is 1.